The van der Waals surface area contributed by atoms with Crippen LogP contribution in [0.1, 0.15) is 6.42 Å². The zero-order chi connectivity index (χ0) is 9.14. The lowest BCUT2D eigenvalue weighted by atomic mass is 9.60. The van der Waals surface area contributed by atoms with Crippen molar-refractivity contribution in [2.45, 2.75) is 19.3 Å². The van der Waals surface area contributed by atoms with Crippen LogP contribution in [0.4, 0.5) is 0 Å². The number of rotatable bonds is 2. The second kappa shape index (κ2) is 3.74. The first-order valence-electron chi connectivity index (χ1n) is 4.04. The first-order valence-corrected chi connectivity index (χ1v) is 4.04. The minimum atomic E-state index is -0.503. The summed E-state index contributed by atoms with van der Waals surface area (Å²) in [6.45, 7) is 4.81. The molecular weight excluding hydrogens is 151 g/mol. The fourth-order valence-electron chi connectivity index (χ4n) is 1.24. The molecule has 0 bridgehead atoms. The highest BCUT2D eigenvalue weighted by Crippen LogP contribution is 2.20. The van der Waals surface area contributed by atoms with Gasteiger partial charge in [0.15, 0.2) is 0 Å². The smallest absolute Gasteiger partial charge is 0.316 e. The number of hydrogen-bond acceptors (Lipinski definition) is 2. The van der Waals surface area contributed by atoms with Gasteiger partial charge in [0.25, 0.3) is 0 Å². The zero-order valence-corrected chi connectivity index (χ0v) is 7.20. The molecule has 0 amide bonds. The monoisotopic (exact) mass is 164 g/mol. The summed E-state index contributed by atoms with van der Waals surface area (Å²) in [6.07, 6.45) is 5.28. The summed E-state index contributed by atoms with van der Waals surface area (Å²) in [5, 5.41) is 18.7. The van der Waals surface area contributed by atoms with Gasteiger partial charge in [-0.1, -0.05) is 37.1 Å². The van der Waals surface area contributed by atoms with Gasteiger partial charge in [0.05, 0.1) is 6.10 Å². The third kappa shape index (κ3) is 1.87. The van der Waals surface area contributed by atoms with Crippen molar-refractivity contribution < 1.29 is 10.1 Å². The Bertz CT molecular complexity index is 241. The first-order chi connectivity index (χ1) is 5.65. The molecule has 2 N–H and O–H groups in total. The minimum absolute atomic E-state index is 0.470. The van der Waals surface area contributed by atoms with E-state index in [1.165, 1.54) is 0 Å². The molecule has 0 saturated heterocycles. The summed E-state index contributed by atoms with van der Waals surface area (Å²) in [5.74, 6) is 0. The SMILES string of the molecule is C=CC1=CC=C(B(C)O)CC1O. The second-order valence-electron chi connectivity index (χ2n) is 3.01. The van der Waals surface area contributed by atoms with Gasteiger partial charge < -0.3 is 10.1 Å². The van der Waals surface area contributed by atoms with Crippen LogP contribution in [0, 0.1) is 0 Å². The van der Waals surface area contributed by atoms with Crippen molar-refractivity contribution in [1.29, 1.82) is 0 Å². The fraction of sp³-hybridized carbons (Fsp3) is 0.333. The quantitative estimate of drug-likeness (QED) is 0.596. The molecule has 1 atom stereocenters. The number of aliphatic hydroxyl groups excluding tert-OH is 1. The Hall–Kier alpha value is -0.795. The third-order valence-corrected chi connectivity index (χ3v) is 2.08. The number of allylic oxidation sites excluding steroid dienone is 2. The van der Waals surface area contributed by atoms with Crippen LogP contribution in [0.15, 0.2) is 35.9 Å². The minimum Gasteiger partial charge on any atom is -0.447 e. The summed E-state index contributed by atoms with van der Waals surface area (Å²) in [5.41, 5.74) is 1.69. The van der Waals surface area contributed by atoms with E-state index in [0.717, 1.165) is 11.0 Å². The molecule has 0 radical (unpaired) electrons. The molecule has 1 unspecified atom stereocenters. The van der Waals surface area contributed by atoms with E-state index in [9.17, 15) is 10.1 Å². The van der Waals surface area contributed by atoms with Gasteiger partial charge in [-0.2, -0.15) is 0 Å². The average Bonchev–Trinajstić information content (AvgIpc) is 2.04. The lowest BCUT2D eigenvalue weighted by Crippen LogP contribution is -2.20. The van der Waals surface area contributed by atoms with Crippen LogP contribution >= 0.6 is 0 Å². The van der Waals surface area contributed by atoms with Crippen LogP contribution in [0.3, 0.4) is 0 Å². The van der Waals surface area contributed by atoms with Crippen molar-refractivity contribution >= 4 is 6.92 Å². The lowest BCUT2D eigenvalue weighted by molar-refractivity contribution is 0.214. The Labute approximate surface area is 73.0 Å². The van der Waals surface area contributed by atoms with E-state index in [-0.39, 0.29) is 0 Å². The maximum Gasteiger partial charge on any atom is 0.316 e. The molecule has 1 rings (SSSR count). The van der Waals surface area contributed by atoms with Crippen LogP contribution in [-0.4, -0.2) is 23.2 Å². The van der Waals surface area contributed by atoms with Gasteiger partial charge >= 0.3 is 6.92 Å². The van der Waals surface area contributed by atoms with E-state index >= 15 is 0 Å². The molecule has 1 aliphatic carbocycles. The molecule has 1 aliphatic rings. The van der Waals surface area contributed by atoms with E-state index in [1.807, 2.05) is 6.08 Å². The van der Waals surface area contributed by atoms with Crippen LogP contribution in [0.2, 0.25) is 6.82 Å². The fourth-order valence-corrected chi connectivity index (χ4v) is 1.24. The molecule has 0 aliphatic heterocycles. The van der Waals surface area contributed by atoms with Crippen molar-refractivity contribution in [3.8, 4) is 0 Å². The Morgan fingerprint density at radius 3 is 2.75 bits per heavy atom. The van der Waals surface area contributed by atoms with Gasteiger partial charge in [-0.05, 0) is 12.0 Å². The predicted molar refractivity (Wildman–Crippen MR) is 50.8 cm³/mol. The molecule has 3 heteroatoms. The van der Waals surface area contributed by atoms with Crippen molar-refractivity contribution in [2.75, 3.05) is 0 Å². The van der Waals surface area contributed by atoms with Crippen LogP contribution in [0.5, 0.6) is 0 Å². The summed E-state index contributed by atoms with van der Waals surface area (Å²) in [4.78, 5) is 0. The second-order valence-corrected chi connectivity index (χ2v) is 3.01. The van der Waals surface area contributed by atoms with Gasteiger partial charge in [-0.15, -0.1) is 0 Å². The lowest BCUT2D eigenvalue weighted by Gasteiger charge is -2.18. The summed E-state index contributed by atoms with van der Waals surface area (Å²) in [6, 6.07) is 0. The average molecular weight is 164 g/mol. The molecule has 0 heterocycles. The van der Waals surface area contributed by atoms with E-state index < -0.39 is 13.0 Å². The van der Waals surface area contributed by atoms with Gasteiger partial charge in [0.1, 0.15) is 0 Å². The maximum absolute atomic E-state index is 9.50. The maximum atomic E-state index is 9.50. The Morgan fingerprint density at radius 1 is 1.67 bits per heavy atom. The van der Waals surface area contributed by atoms with E-state index in [0.29, 0.717) is 6.42 Å². The third-order valence-electron chi connectivity index (χ3n) is 2.08. The van der Waals surface area contributed by atoms with Gasteiger partial charge in [0, 0.05) is 0 Å². The van der Waals surface area contributed by atoms with Gasteiger partial charge in [-0.25, -0.2) is 0 Å². The van der Waals surface area contributed by atoms with Crippen LogP contribution < -0.4 is 0 Å². The van der Waals surface area contributed by atoms with Crippen LogP contribution in [-0.2, 0) is 0 Å². The predicted octanol–water partition coefficient (Wildman–Crippen LogP) is 0.943. The largest absolute Gasteiger partial charge is 0.447 e. The molecule has 64 valence electrons. The Balaban J connectivity index is 2.81. The highest BCUT2D eigenvalue weighted by atomic mass is 16.3. The molecule has 0 aromatic carbocycles. The highest BCUT2D eigenvalue weighted by Gasteiger charge is 2.19. The first kappa shape index (κ1) is 9.29. The molecule has 0 fully saturated rings. The zero-order valence-electron chi connectivity index (χ0n) is 7.20. The molecule has 0 aromatic rings. The molecule has 0 aromatic heterocycles. The van der Waals surface area contributed by atoms with Crippen LogP contribution in [0.25, 0.3) is 0 Å². The summed E-state index contributed by atoms with van der Waals surface area (Å²) >= 11 is 0. The number of aliphatic hydroxyl groups is 1. The van der Waals surface area contributed by atoms with Crippen molar-refractivity contribution in [1.82, 2.24) is 0 Å². The Morgan fingerprint density at radius 2 is 2.33 bits per heavy atom. The van der Waals surface area contributed by atoms with E-state index in [2.05, 4.69) is 6.58 Å². The summed E-state index contributed by atoms with van der Waals surface area (Å²) < 4.78 is 0. The normalized spacial score (nSPS) is 22.8. The standard InChI is InChI=1S/C9H13BO2/c1-3-7-4-5-8(10(2)12)6-9(7)11/h3-5,9,11-12H,1,6H2,2H3. The van der Waals surface area contributed by atoms with Crippen molar-refractivity contribution in [2.24, 2.45) is 0 Å². The van der Waals surface area contributed by atoms with E-state index in [1.54, 1.807) is 19.0 Å². The van der Waals surface area contributed by atoms with Crippen molar-refractivity contribution in [3.05, 3.63) is 35.9 Å². The van der Waals surface area contributed by atoms with E-state index in [4.69, 9.17) is 0 Å². The van der Waals surface area contributed by atoms with Crippen molar-refractivity contribution in [3.63, 3.8) is 0 Å². The molecule has 12 heavy (non-hydrogen) atoms. The summed E-state index contributed by atoms with van der Waals surface area (Å²) in [7, 11) is 0. The number of hydrogen-bond donors (Lipinski definition) is 2. The molecule has 2 nitrogen and oxygen atoms in total. The highest BCUT2D eigenvalue weighted by molar-refractivity contribution is 6.57. The van der Waals surface area contributed by atoms with Gasteiger partial charge in [-0.3, -0.25) is 0 Å². The van der Waals surface area contributed by atoms with Gasteiger partial charge in [0.2, 0.25) is 0 Å². The molecule has 0 spiro atoms. The molecule has 0 saturated carbocycles. The molecular formula is C9H13BO2. The topological polar surface area (TPSA) is 40.5 Å². The Kier molecular flexibility index (Phi) is 2.90.